The van der Waals surface area contributed by atoms with Crippen LogP contribution in [0.4, 0.5) is 4.39 Å². The summed E-state index contributed by atoms with van der Waals surface area (Å²) in [5.74, 6) is 0.268. The van der Waals surface area contributed by atoms with E-state index in [1.807, 2.05) is 6.92 Å². The van der Waals surface area contributed by atoms with Crippen molar-refractivity contribution in [2.45, 2.75) is 19.0 Å². The number of carbonyl (C=O) groups excluding carboxylic acids is 1. The van der Waals surface area contributed by atoms with Crippen molar-refractivity contribution in [1.82, 2.24) is 14.8 Å². The van der Waals surface area contributed by atoms with E-state index in [0.29, 0.717) is 22.1 Å². The van der Waals surface area contributed by atoms with E-state index in [-0.39, 0.29) is 5.56 Å². The zero-order valence-corrected chi connectivity index (χ0v) is 13.1. The molecule has 2 aromatic rings. The number of aromatic nitrogens is 3. The van der Waals surface area contributed by atoms with Crippen molar-refractivity contribution in [3.05, 3.63) is 29.1 Å². The number of aryl methyl sites for hydroxylation is 2. The molecule has 2 rings (SSSR count). The molecule has 0 saturated heterocycles. The molecule has 0 fully saturated rings. The van der Waals surface area contributed by atoms with Crippen LogP contribution >= 0.6 is 11.8 Å². The Kier molecular flexibility index (Phi) is 4.62. The van der Waals surface area contributed by atoms with Crippen molar-refractivity contribution < 1.29 is 13.9 Å². The second kappa shape index (κ2) is 6.26. The summed E-state index contributed by atoms with van der Waals surface area (Å²) in [5, 5.41) is 4.80. The number of hydrogen-bond acceptors (Lipinski definition) is 5. The maximum absolute atomic E-state index is 14.2. The fraction of sp³-hybridized carbons (Fsp3) is 0.357. The molecule has 0 atom stereocenters. The van der Waals surface area contributed by atoms with Gasteiger partial charge in [0.05, 0.1) is 18.2 Å². The van der Waals surface area contributed by atoms with E-state index in [1.165, 1.54) is 35.7 Å². The second-order valence-corrected chi connectivity index (χ2v) is 5.64. The summed E-state index contributed by atoms with van der Waals surface area (Å²) in [6, 6.07) is 2.77. The molecular weight excluding hydrogens is 293 g/mol. The molecule has 0 bridgehead atoms. The summed E-state index contributed by atoms with van der Waals surface area (Å²) in [6.45, 7) is 3.65. The Balaban J connectivity index is 2.55. The number of halogens is 1. The summed E-state index contributed by atoms with van der Waals surface area (Å²) < 4.78 is 20.4. The minimum Gasteiger partial charge on any atom is -0.465 e. The van der Waals surface area contributed by atoms with Gasteiger partial charge in [0.2, 0.25) is 5.16 Å². The lowest BCUT2D eigenvalue weighted by atomic mass is 10.0. The number of hydrogen-bond donors (Lipinski definition) is 0. The Hall–Kier alpha value is -1.89. The lowest BCUT2D eigenvalue weighted by molar-refractivity contribution is 0.0600. The smallest absolute Gasteiger partial charge is 0.338 e. The van der Waals surface area contributed by atoms with Gasteiger partial charge in [-0.15, -0.1) is 5.10 Å². The van der Waals surface area contributed by atoms with Crippen LogP contribution in [0.3, 0.4) is 0 Å². The molecule has 0 unspecified atom stereocenters. The molecule has 0 aliphatic rings. The van der Waals surface area contributed by atoms with Gasteiger partial charge in [-0.05, 0) is 30.4 Å². The topological polar surface area (TPSA) is 57.0 Å². The third-order valence-electron chi connectivity index (χ3n) is 2.98. The zero-order valence-electron chi connectivity index (χ0n) is 12.3. The van der Waals surface area contributed by atoms with Crippen LogP contribution in [0.1, 0.15) is 22.8 Å². The van der Waals surface area contributed by atoms with Gasteiger partial charge in [-0.1, -0.05) is 18.7 Å². The molecule has 7 heteroatoms. The lowest BCUT2D eigenvalue weighted by Crippen LogP contribution is -2.06. The van der Waals surface area contributed by atoms with Gasteiger partial charge in [0.1, 0.15) is 5.82 Å². The average molecular weight is 309 g/mol. The maximum Gasteiger partial charge on any atom is 0.338 e. The summed E-state index contributed by atoms with van der Waals surface area (Å²) in [6.07, 6.45) is 0. The molecule has 21 heavy (non-hydrogen) atoms. The molecule has 1 aromatic carbocycles. The van der Waals surface area contributed by atoms with Crippen molar-refractivity contribution in [3.63, 3.8) is 0 Å². The Morgan fingerprint density at radius 2 is 2.19 bits per heavy atom. The van der Waals surface area contributed by atoms with Gasteiger partial charge >= 0.3 is 5.97 Å². The number of nitrogens with zero attached hydrogens (tertiary/aromatic N) is 3. The molecule has 0 radical (unpaired) electrons. The van der Waals surface area contributed by atoms with Gasteiger partial charge in [0.15, 0.2) is 5.82 Å². The molecule has 0 spiro atoms. The molecular formula is C14H16FN3O2S. The summed E-state index contributed by atoms with van der Waals surface area (Å²) in [5.41, 5.74) is 1.08. The minimum absolute atomic E-state index is 0.235. The van der Waals surface area contributed by atoms with Gasteiger partial charge in [-0.25, -0.2) is 18.9 Å². The number of thioether (sulfide) groups is 1. The fourth-order valence-corrected chi connectivity index (χ4v) is 2.55. The zero-order chi connectivity index (χ0) is 15.6. The molecule has 112 valence electrons. The van der Waals surface area contributed by atoms with Crippen molar-refractivity contribution >= 4 is 17.7 Å². The van der Waals surface area contributed by atoms with Crippen LogP contribution in [0.5, 0.6) is 0 Å². The Labute approximate surface area is 126 Å². The minimum atomic E-state index is -0.501. The van der Waals surface area contributed by atoms with E-state index in [2.05, 4.69) is 10.1 Å². The normalized spacial score (nSPS) is 10.7. The van der Waals surface area contributed by atoms with Crippen LogP contribution in [0.15, 0.2) is 17.3 Å². The first kappa shape index (κ1) is 15.5. The summed E-state index contributed by atoms with van der Waals surface area (Å²) >= 11 is 1.47. The van der Waals surface area contributed by atoms with Gasteiger partial charge in [0, 0.05) is 7.05 Å². The highest BCUT2D eigenvalue weighted by Gasteiger charge is 2.19. The van der Waals surface area contributed by atoms with Crippen LogP contribution in [0.2, 0.25) is 0 Å². The van der Waals surface area contributed by atoms with Crippen LogP contribution in [0.25, 0.3) is 11.4 Å². The van der Waals surface area contributed by atoms with E-state index in [0.717, 1.165) is 5.75 Å². The monoisotopic (exact) mass is 309 g/mol. The molecule has 0 amide bonds. The molecule has 1 aromatic heterocycles. The molecule has 0 aliphatic heterocycles. The third kappa shape index (κ3) is 3.07. The van der Waals surface area contributed by atoms with Crippen molar-refractivity contribution in [2.24, 2.45) is 7.05 Å². The van der Waals surface area contributed by atoms with Gasteiger partial charge in [-0.3, -0.25) is 0 Å². The highest BCUT2D eigenvalue weighted by molar-refractivity contribution is 7.99. The first-order valence-electron chi connectivity index (χ1n) is 6.40. The highest BCUT2D eigenvalue weighted by Crippen LogP contribution is 2.26. The molecule has 0 saturated carbocycles. The Morgan fingerprint density at radius 3 is 2.81 bits per heavy atom. The Bertz CT molecular complexity index is 685. The second-order valence-electron chi connectivity index (χ2n) is 4.41. The number of rotatable bonds is 4. The predicted molar refractivity (Wildman–Crippen MR) is 78.9 cm³/mol. The van der Waals surface area contributed by atoms with Crippen LogP contribution in [0, 0.1) is 12.7 Å². The van der Waals surface area contributed by atoms with Gasteiger partial charge < -0.3 is 4.74 Å². The standard InChI is InChI=1S/C14H16FN3O2S/c1-5-21-14-16-12(18(3)17-14)10-7-9(13(19)20-4)8(2)6-11(10)15/h6-7H,5H2,1-4H3. The maximum atomic E-state index is 14.2. The summed E-state index contributed by atoms with van der Waals surface area (Å²) in [7, 11) is 2.99. The summed E-state index contributed by atoms with van der Waals surface area (Å²) in [4.78, 5) is 16.0. The fourth-order valence-electron chi connectivity index (χ4n) is 1.96. The SMILES string of the molecule is CCSc1nc(-c2cc(C(=O)OC)c(C)cc2F)n(C)n1. The number of carbonyl (C=O) groups is 1. The quantitative estimate of drug-likeness (QED) is 0.642. The Morgan fingerprint density at radius 1 is 1.48 bits per heavy atom. The average Bonchev–Trinajstić information content (AvgIpc) is 2.79. The molecule has 0 N–H and O–H groups in total. The van der Waals surface area contributed by atoms with E-state index < -0.39 is 11.8 Å². The van der Waals surface area contributed by atoms with Gasteiger partial charge in [0.25, 0.3) is 0 Å². The number of benzene rings is 1. The first-order valence-corrected chi connectivity index (χ1v) is 7.39. The molecule has 1 heterocycles. The van der Waals surface area contributed by atoms with E-state index in [9.17, 15) is 9.18 Å². The van der Waals surface area contributed by atoms with E-state index >= 15 is 0 Å². The number of methoxy groups -OCH3 is 1. The van der Waals surface area contributed by atoms with Crippen LogP contribution in [-0.4, -0.2) is 33.6 Å². The molecule has 5 nitrogen and oxygen atoms in total. The van der Waals surface area contributed by atoms with E-state index in [4.69, 9.17) is 4.74 Å². The molecule has 0 aliphatic carbocycles. The number of ether oxygens (including phenoxy) is 1. The lowest BCUT2D eigenvalue weighted by Gasteiger charge is -2.08. The van der Waals surface area contributed by atoms with Crippen molar-refractivity contribution in [2.75, 3.05) is 12.9 Å². The largest absolute Gasteiger partial charge is 0.465 e. The van der Waals surface area contributed by atoms with Crippen molar-refractivity contribution in [1.29, 1.82) is 0 Å². The van der Waals surface area contributed by atoms with Crippen molar-refractivity contribution in [3.8, 4) is 11.4 Å². The van der Waals surface area contributed by atoms with Gasteiger partial charge in [-0.2, -0.15) is 0 Å². The first-order chi connectivity index (χ1) is 9.97. The highest BCUT2D eigenvalue weighted by atomic mass is 32.2. The van der Waals surface area contributed by atoms with Crippen LogP contribution in [-0.2, 0) is 11.8 Å². The third-order valence-corrected chi connectivity index (χ3v) is 3.70. The number of esters is 1. The van der Waals surface area contributed by atoms with Crippen LogP contribution < -0.4 is 0 Å². The van der Waals surface area contributed by atoms with E-state index in [1.54, 1.807) is 14.0 Å². The predicted octanol–water partition coefficient (Wildman–Crippen LogP) is 2.83.